The van der Waals surface area contributed by atoms with Gasteiger partial charge in [-0.25, -0.2) is 9.89 Å². The summed E-state index contributed by atoms with van der Waals surface area (Å²) in [6.07, 6.45) is 2.72. The Hall–Kier alpha value is -2.86. The van der Waals surface area contributed by atoms with Crippen LogP contribution in [0.25, 0.3) is 0 Å². The van der Waals surface area contributed by atoms with Crippen molar-refractivity contribution in [2.45, 2.75) is 32.1 Å². The number of hydrogen-bond acceptors (Lipinski definition) is 5. The maximum absolute atomic E-state index is 12.7. The second kappa shape index (κ2) is 10.1. The Balaban J connectivity index is 1.65. The van der Waals surface area contributed by atoms with Gasteiger partial charge in [-0.2, -0.15) is 0 Å². The van der Waals surface area contributed by atoms with Gasteiger partial charge in [-0.05, 0) is 54.2 Å². The lowest BCUT2D eigenvalue weighted by molar-refractivity contribution is -0.119. The zero-order chi connectivity index (χ0) is 20.6. The third-order valence-corrected chi connectivity index (χ3v) is 5.02. The van der Waals surface area contributed by atoms with Crippen LogP contribution in [0.2, 0.25) is 5.02 Å². The zero-order valence-corrected chi connectivity index (χ0v) is 16.9. The Morgan fingerprint density at radius 2 is 1.83 bits per heavy atom. The lowest BCUT2D eigenvalue weighted by Gasteiger charge is -2.16. The van der Waals surface area contributed by atoms with Crippen LogP contribution in [0.4, 0.5) is 0 Å². The van der Waals surface area contributed by atoms with Gasteiger partial charge in [0.15, 0.2) is 0 Å². The molecule has 0 aliphatic rings. The van der Waals surface area contributed by atoms with Crippen molar-refractivity contribution in [2.24, 2.45) is 5.92 Å². The third-order valence-electron chi connectivity index (χ3n) is 4.76. The molecule has 0 aliphatic heterocycles. The Labute approximate surface area is 173 Å². The second-order valence-electron chi connectivity index (χ2n) is 7.01. The number of halogens is 1. The first kappa shape index (κ1) is 20.9. The van der Waals surface area contributed by atoms with Gasteiger partial charge in [-0.1, -0.05) is 35.9 Å². The molecule has 152 valence electrons. The number of aromatic amines is 1. The lowest BCUT2D eigenvalue weighted by Crippen LogP contribution is -2.14. The summed E-state index contributed by atoms with van der Waals surface area (Å²) < 4.78 is 10.2. The van der Waals surface area contributed by atoms with Crippen LogP contribution in [0.1, 0.15) is 29.9 Å². The monoisotopic (exact) mass is 414 g/mol. The molecular formula is C22H23ClN2O4. The smallest absolute Gasteiger partial charge is 0.434 e. The van der Waals surface area contributed by atoms with Crippen LogP contribution in [-0.4, -0.2) is 23.1 Å². The summed E-state index contributed by atoms with van der Waals surface area (Å²) in [6.45, 7) is 0. The molecule has 0 saturated heterocycles. The molecule has 1 atom stereocenters. The van der Waals surface area contributed by atoms with Gasteiger partial charge in [0.25, 0.3) is 0 Å². The van der Waals surface area contributed by atoms with E-state index >= 15 is 0 Å². The van der Waals surface area contributed by atoms with Crippen molar-refractivity contribution in [1.29, 1.82) is 0 Å². The molecule has 1 N–H and O–H groups in total. The first-order valence-corrected chi connectivity index (χ1v) is 9.83. The Morgan fingerprint density at radius 3 is 2.45 bits per heavy atom. The average molecular weight is 415 g/mol. The van der Waals surface area contributed by atoms with E-state index in [-0.39, 0.29) is 11.7 Å². The minimum Gasteiger partial charge on any atom is -0.497 e. The first-order valence-electron chi connectivity index (χ1n) is 9.45. The Bertz CT molecular complexity index is 977. The standard InChI is InChI=1S/C22H23ClN2O4/c1-28-20-9-4-15(5-10-20)12-17(6-11-21-24-25-22(27)29-21)14-19(26)13-16-2-7-18(23)8-3-16/h2-5,7-10,17H,6,11-14H2,1H3,(H,25,27). The molecule has 1 unspecified atom stereocenters. The van der Waals surface area contributed by atoms with E-state index in [1.807, 2.05) is 36.4 Å². The number of ether oxygens (including phenoxy) is 1. The van der Waals surface area contributed by atoms with E-state index in [2.05, 4.69) is 10.2 Å². The molecule has 1 heterocycles. The van der Waals surface area contributed by atoms with Crippen molar-refractivity contribution >= 4 is 17.4 Å². The second-order valence-corrected chi connectivity index (χ2v) is 7.45. The number of hydrogen-bond donors (Lipinski definition) is 1. The Kier molecular flexibility index (Phi) is 7.25. The lowest BCUT2D eigenvalue weighted by atomic mass is 9.89. The molecule has 0 aliphatic carbocycles. The summed E-state index contributed by atoms with van der Waals surface area (Å²) in [7, 11) is 1.63. The molecule has 0 spiro atoms. The number of H-pyrrole nitrogens is 1. The maximum atomic E-state index is 12.7. The molecule has 0 bridgehead atoms. The van der Waals surface area contributed by atoms with E-state index in [1.54, 1.807) is 19.2 Å². The highest BCUT2D eigenvalue weighted by Crippen LogP contribution is 2.22. The maximum Gasteiger partial charge on any atom is 0.434 e. The molecule has 0 fully saturated rings. The highest BCUT2D eigenvalue weighted by molar-refractivity contribution is 6.30. The Morgan fingerprint density at radius 1 is 1.14 bits per heavy atom. The number of nitrogens with one attached hydrogen (secondary N) is 1. The van der Waals surface area contributed by atoms with Crippen molar-refractivity contribution in [3.8, 4) is 5.75 Å². The van der Waals surface area contributed by atoms with E-state index in [9.17, 15) is 9.59 Å². The van der Waals surface area contributed by atoms with Crippen molar-refractivity contribution in [3.63, 3.8) is 0 Å². The summed E-state index contributed by atoms with van der Waals surface area (Å²) in [5, 5.41) is 6.78. The zero-order valence-electron chi connectivity index (χ0n) is 16.2. The first-order chi connectivity index (χ1) is 14.0. The summed E-state index contributed by atoms with van der Waals surface area (Å²) in [5.41, 5.74) is 2.07. The van der Waals surface area contributed by atoms with Gasteiger partial charge in [-0.15, -0.1) is 5.10 Å². The molecule has 0 saturated carbocycles. The van der Waals surface area contributed by atoms with Gasteiger partial charge in [0, 0.05) is 24.3 Å². The van der Waals surface area contributed by atoms with Crippen LogP contribution in [0, 0.1) is 5.92 Å². The number of nitrogens with zero attached hydrogens (tertiary/aromatic N) is 1. The van der Waals surface area contributed by atoms with E-state index in [4.69, 9.17) is 20.8 Å². The predicted octanol–water partition coefficient (Wildman–Crippen LogP) is 4.02. The molecule has 3 rings (SSSR count). The molecule has 6 nitrogen and oxygen atoms in total. The van der Waals surface area contributed by atoms with E-state index < -0.39 is 5.76 Å². The number of carbonyl (C=O) groups is 1. The van der Waals surface area contributed by atoms with Crippen LogP contribution in [0.5, 0.6) is 5.75 Å². The van der Waals surface area contributed by atoms with Crippen LogP contribution >= 0.6 is 11.6 Å². The number of benzene rings is 2. The third kappa shape index (κ3) is 6.61. The van der Waals surface area contributed by atoms with Gasteiger partial charge in [0.1, 0.15) is 11.5 Å². The fourth-order valence-electron chi connectivity index (χ4n) is 3.29. The molecule has 2 aromatic carbocycles. The van der Waals surface area contributed by atoms with Crippen LogP contribution in [-0.2, 0) is 24.1 Å². The fraction of sp³-hybridized carbons (Fsp3) is 0.318. The number of methoxy groups -OCH3 is 1. The van der Waals surface area contributed by atoms with Crippen LogP contribution in [0.3, 0.4) is 0 Å². The molecule has 7 heteroatoms. The van der Waals surface area contributed by atoms with Crippen molar-refractivity contribution in [3.05, 3.63) is 81.1 Å². The summed E-state index contributed by atoms with van der Waals surface area (Å²) >= 11 is 5.91. The minimum atomic E-state index is -0.564. The topological polar surface area (TPSA) is 85.2 Å². The van der Waals surface area contributed by atoms with E-state index in [0.29, 0.717) is 36.6 Å². The minimum absolute atomic E-state index is 0.102. The van der Waals surface area contributed by atoms with Gasteiger partial charge >= 0.3 is 5.76 Å². The highest BCUT2D eigenvalue weighted by atomic mass is 35.5. The van der Waals surface area contributed by atoms with Gasteiger partial charge < -0.3 is 9.15 Å². The van der Waals surface area contributed by atoms with Gasteiger partial charge in [-0.3, -0.25) is 4.79 Å². The number of Topliss-reactive ketones (excluding diaryl/α,β-unsaturated/α-hetero) is 1. The van der Waals surface area contributed by atoms with Crippen molar-refractivity contribution < 1.29 is 13.9 Å². The molecule has 0 radical (unpaired) electrons. The summed E-state index contributed by atoms with van der Waals surface area (Å²) in [6, 6.07) is 15.2. The number of aromatic nitrogens is 2. The average Bonchev–Trinajstić information content (AvgIpc) is 3.13. The van der Waals surface area contributed by atoms with E-state index in [0.717, 1.165) is 23.3 Å². The number of ketones is 1. The van der Waals surface area contributed by atoms with E-state index in [1.165, 1.54) is 0 Å². The van der Waals surface area contributed by atoms with Crippen LogP contribution < -0.4 is 10.5 Å². The highest BCUT2D eigenvalue weighted by Gasteiger charge is 2.17. The molecule has 0 amide bonds. The quantitative estimate of drug-likeness (QED) is 0.541. The largest absolute Gasteiger partial charge is 0.497 e. The van der Waals surface area contributed by atoms with Gasteiger partial charge in [0.2, 0.25) is 5.89 Å². The SMILES string of the molecule is COc1ccc(CC(CCc2n[nH]c(=O)o2)CC(=O)Cc2ccc(Cl)cc2)cc1. The normalized spacial score (nSPS) is 11.9. The van der Waals surface area contributed by atoms with Crippen LogP contribution in [0.15, 0.2) is 57.7 Å². The fourth-order valence-corrected chi connectivity index (χ4v) is 3.42. The van der Waals surface area contributed by atoms with Gasteiger partial charge in [0.05, 0.1) is 7.11 Å². The van der Waals surface area contributed by atoms with Crippen molar-refractivity contribution in [1.82, 2.24) is 10.2 Å². The van der Waals surface area contributed by atoms with Crippen molar-refractivity contribution in [2.75, 3.05) is 7.11 Å². The number of rotatable bonds is 10. The summed E-state index contributed by atoms with van der Waals surface area (Å²) in [5.74, 6) is 0.854. The molecular weight excluding hydrogens is 392 g/mol. The number of aryl methyl sites for hydroxylation is 1. The number of carbonyl (C=O) groups excluding carboxylic acids is 1. The predicted molar refractivity (Wildman–Crippen MR) is 110 cm³/mol. The molecule has 1 aromatic heterocycles. The molecule has 3 aromatic rings. The molecule has 29 heavy (non-hydrogen) atoms. The summed E-state index contributed by atoms with van der Waals surface area (Å²) in [4.78, 5) is 23.8.